The van der Waals surface area contributed by atoms with Gasteiger partial charge in [-0.15, -0.1) is 0 Å². The van der Waals surface area contributed by atoms with Gasteiger partial charge in [0, 0.05) is 31.0 Å². The predicted octanol–water partition coefficient (Wildman–Crippen LogP) is 3.53. The van der Waals surface area contributed by atoms with Gasteiger partial charge in [0.2, 0.25) is 0 Å². The van der Waals surface area contributed by atoms with Crippen molar-refractivity contribution in [2.75, 3.05) is 29.9 Å². The standard InChI is InChI=1S/C22H29N3O2/c1-4-25(5-2)19-13-14-20(17(3)16-19)24-22(27)21(26)23-15-9-12-18-10-7-6-8-11-18/h6-8,10-11,13-14,16H,4-5,9,12,15H2,1-3H3,(H,23,26)(H,24,27). The van der Waals surface area contributed by atoms with Gasteiger partial charge in [0.25, 0.3) is 0 Å². The Morgan fingerprint density at radius 3 is 2.30 bits per heavy atom. The lowest BCUT2D eigenvalue weighted by atomic mass is 10.1. The highest BCUT2D eigenvalue weighted by Gasteiger charge is 2.14. The van der Waals surface area contributed by atoms with Crippen molar-refractivity contribution in [3.05, 3.63) is 59.7 Å². The Hall–Kier alpha value is -2.82. The van der Waals surface area contributed by atoms with Crippen molar-refractivity contribution in [1.29, 1.82) is 0 Å². The van der Waals surface area contributed by atoms with Gasteiger partial charge >= 0.3 is 11.8 Å². The Kier molecular flexibility index (Phi) is 7.86. The van der Waals surface area contributed by atoms with Crippen LogP contribution in [0.15, 0.2) is 48.5 Å². The lowest BCUT2D eigenvalue weighted by Crippen LogP contribution is -2.36. The molecule has 0 aliphatic carbocycles. The largest absolute Gasteiger partial charge is 0.372 e. The molecule has 5 nitrogen and oxygen atoms in total. The molecule has 144 valence electrons. The zero-order valence-corrected chi connectivity index (χ0v) is 16.4. The molecule has 0 atom stereocenters. The van der Waals surface area contributed by atoms with Crippen molar-refractivity contribution < 1.29 is 9.59 Å². The Morgan fingerprint density at radius 1 is 0.963 bits per heavy atom. The summed E-state index contributed by atoms with van der Waals surface area (Å²) in [5.74, 6) is -1.23. The molecule has 0 radical (unpaired) electrons. The molecule has 0 saturated heterocycles. The lowest BCUT2D eigenvalue weighted by molar-refractivity contribution is -0.136. The van der Waals surface area contributed by atoms with Crippen LogP contribution < -0.4 is 15.5 Å². The van der Waals surface area contributed by atoms with Crippen LogP contribution in [0.2, 0.25) is 0 Å². The molecule has 0 saturated carbocycles. The maximum Gasteiger partial charge on any atom is 0.313 e. The quantitative estimate of drug-likeness (QED) is 0.554. The number of aryl methyl sites for hydroxylation is 2. The maximum absolute atomic E-state index is 12.1. The smallest absolute Gasteiger partial charge is 0.313 e. The third kappa shape index (κ3) is 6.13. The maximum atomic E-state index is 12.1. The van der Waals surface area contributed by atoms with Crippen molar-refractivity contribution in [1.82, 2.24) is 5.32 Å². The van der Waals surface area contributed by atoms with Gasteiger partial charge in [-0.1, -0.05) is 30.3 Å². The normalized spacial score (nSPS) is 10.3. The first kappa shape index (κ1) is 20.5. The molecular weight excluding hydrogens is 338 g/mol. The van der Waals surface area contributed by atoms with E-state index in [-0.39, 0.29) is 0 Å². The summed E-state index contributed by atoms with van der Waals surface area (Å²) in [7, 11) is 0. The zero-order chi connectivity index (χ0) is 19.6. The van der Waals surface area contributed by atoms with Crippen LogP contribution in [0.5, 0.6) is 0 Å². The number of anilines is 2. The van der Waals surface area contributed by atoms with Crippen LogP contribution in [0.1, 0.15) is 31.4 Å². The highest BCUT2D eigenvalue weighted by atomic mass is 16.2. The molecule has 27 heavy (non-hydrogen) atoms. The SMILES string of the molecule is CCN(CC)c1ccc(NC(=O)C(=O)NCCCc2ccccc2)c(C)c1. The number of benzene rings is 2. The predicted molar refractivity (Wildman–Crippen MR) is 111 cm³/mol. The summed E-state index contributed by atoms with van der Waals surface area (Å²) < 4.78 is 0. The minimum Gasteiger partial charge on any atom is -0.372 e. The van der Waals surface area contributed by atoms with E-state index in [0.29, 0.717) is 12.2 Å². The average molecular weight is 367 g/mol. The van der Waals surface area contributed by atoms with E-state index < -0.39 is 11.8 Å². The molecular formula is C22H29N3O2. The van der Waals surface area contributed by atoms with Crippen molar-refractivity contribution in [3.63, 3.8) is 0 Å². The van der Waals surface area contributed by atoms with E-state index in [2.05, 4.69) is 41.5 Å². The fourth-order valence-electron chi connectivity index (χ4n) is 2.97. The number of amides is 2. The van der Waals surface area contributed by atoms with Crippen LogP contribution in [0.3, 0.4) is 0 Å². The molecule has 2 amide bonds. The monoisotopic (exact) mass is 367 g/mol. The third-order valence-electron chi connectivity index (χ3n) is 4.56. The van der Waals surface area contributed by atoms with Gasteiger partial charge in [0.15, 0.2) is 0 Å². The van der Waals surface area contributed by atoms with E-state index >= 15 is 0 Å². The molecule has 2 rings (SSSR count). The summed E-state index contributed by atoms with van der Waals surface area (Å²) >= 11 is 0. The van der Waals surface area contributed by atoms with Crippen molar-refractivity contribution in [2.45, 2.75) is 33.6 Å². The topological polar surface area (TPSA) is 61.4 Å². The molecule has 2 aromatic rings. The van der Waals surface area contributed by atoms with Gasteiger partial charge in [0.1, 0.15) is 0 Å². The van der Waals surface area contributed by atoms with Gasteiger partial charge in [0.05, 0.1) is 0 Å². The van der Waals surface area contributed by atoms with Gasteiger partial charge in [-0.25, -0.2) is 0 Å². The summed E-state index contributed by atoms with van der Waals surface area (Å²) in [5, 5.41) is 5.38. The zero-order valence-electron chi connectivity index (χ0n) is 16.4. The van der Waals surface area contributed by atoms with E-state index in [0.717, 1.165) is 37.2 Å². The van der Waals surface area contributed by atoms with Crippen LogP contribution in [0, 0.1) is 6.92 Å². The first-order valence-corrected chi connectivity index (χ1v) is 9.53. The molecule has 2 aromatic carbocycles. The Balaban J connectivity index is 1.82. The van der Waals surface area contributed by atoms with Crippen LogP contribution in [0.25, 0.3) is 0 Å². The van der Waals surface area contributed by atoms with Crippen molar-refractivity contribution in [3.8, 4) is 0 Å². The summed E-state index contributed by atoms with van der Waals surface area (Å²) in [6.07, 6.45) is 1.66. The number of hydrogen-bond acceptors (Lipinski definition) is 3. The summed E-state index contributed by atoms with van der Waals surface area (Å²) in [6.45, 7) is 8.47. The number of nitrogens with one attached hydrogen (secondary N) is 2. The fraction of sp³-hybridized carbons (Fsp3) is 0.364. The van der Waals surface area contributed by atoms with Crippen LogP contribution >= 0.6 is 0 Å². The van der Waals surface area contributed by atoms with Gasteiger partial charge in [-0.05, 0) is 62.9 Å². The number of nitrogens with zero attached hydrogens (tertiary/aromatic N) is 1. The second kappa shape index (κ2) is 10.4. The summed E-state index contributed by atoms with van der Waals surface area (Å²) in [4.78, 5) is 26.4. The minimum atomic E-state index is -0.631. The van der Waals surface area contributed by atoms with Crippen molar-refractivity contribution >= 4 is 23.2 Å². The minimum absolute atomic E-state index is 0.473. The molecule has 0 spiro atoms. The lowest BCUT2D eigenvalue weighted by Gasteiger charge is -2.22. The van der Waals surface area contributed by atoms with E-state index in [9.17, 15) is 9.59 Å². The Bertz CT molecular complexity index is 755. The highest BCUT2D eigenvalue weighted by molar-refractivity contribution is 6.39. The molecule has 0 aliphatic rings. The second-order valence-corrected chi connectivity index (χ2v) is 6.47. The van der Waals surface area contributed by atoms with Gasteiger partial charge < -0.3 is 15.5 Å². The molecule has 0 fully saturated rings. The summed E-state index contributed by atoms with van der Waals surface area (Å²) in [6, 6.07) is 15.9. The van der Waals surface area contributed by atoms with E-state index in [1.165, 1.54) is 5.56 Å². The van der Waals surface area contributed by atoms with Crippen LogP contribution in [-0.4, -0.2) is 31.4 Å². The van der Waals surface area contributed by atoms with E-state index in [1.54, 1.807) is 0 Å². The molecule has 0 aliphatic heterocycles. The molecule has 0 aromatic heterocycles. The number of carbonyl (C=O) groups is 2. The average Bonchev–Trinajstić information content (AvgIpc) is 2.68. The molecule has 2 N–H and O–H groups in total. The third-order valence-corrected chi connectivity index (χ3v) is 4.56. The molecule has 0 unspecified atom stereocenters. The number of hydrogen-bond donors (Lipinski definition) is 2. The summed E-state index contributed by atoms with van der Waals surface area (Å²) in [5.41, 5.74) is 3.93. The first-order chi connectivity index (χ1) is 13.0. The van der Waals surface area contributed by atoms with E-state index in [4.69, 9.17) is 0 Å². The fourth-order valence-corrected chi connectivity index (χ4v) is 2.97. The van der Waals surface area contributed by atoms with Crippen LogP contribution in [0.4, 0.5) is 11.4 Å². The van der Waals surface area contributed by atoms with E-state index in [1.807, 2.05) is 43.3 Å². The van der Waals surface area contributed by atoms with Crippen LogP contribution in [-0.2, 0) is 16.0 Å². The van der Waals surface area contributed by atoms with Crippen molar-refractivity contribution in [2.24, 2.45) is 0 Å². The molecule has 0 heterocycles. The second-order valence-electron chi connectivity index (χ2n) is 6.47. The highest BCUT2D eigenvalue weighted by Crippen LogP contribution is 2.22. The molecule has 0 bridgehead atoms. The van der Waals surface area contributed by atoms with Gasteiger partial charge in [-0.2, -0.15) is 0 Å². The number of rotatable bonds is 8. The number of carbonyl (C=O) groups excluding carboxylic acids is 2. The Morgan fingerprint density at radius 2 is 1.67 bits per heavy atom. The Labute approximate surface area is 161 Å². The van der Waals surface area contributed by atoms with Gasteiger partial charge in [-0.3, -0.25) is 9.59 Å². The molecule has 5 heteroatoms. The first-order valence-electron chi connectivity index (χ1n) is 9.53.